The van der Waals surface area contributed by atoms with Crippen LogP contribution in [0.4, 0.5) is 13.2 Å². The lowest BCUT2D eigenvalue weighted by atomic mass is 9.85. The van der Waals surface area contributed by atoms with Gasteiger partial charge in [-0.25, -0.2) is 0 Å². The molecule has 1 fully saturated rings. The Morgan fingerprint density at radius 1 is 1.12 bits per heavy atom. The van der Waals surface area contributed by atoms with Gasteiger partial charge < -0.3 is 9.47 Å². The summed E-state index contributed by atoms with van der Waals surface area (Å²) in [4.78, 5) is 11.9. The van der Waals surface area contributed by atoms with Gasteiger partial charge in [0, 0.05) is 6.42 Å². The molecule has 0 N–H and O–H groups in total. The van der Waals surface area contributed by atoms with E-state index in [0.29, 0.717) is 17.9 Å². The largest absolute Gasteiger partial charge is 0.460 e. The number of hydrogen-bond donors (Lipinski definition) is 0. The average molecular weight is 372 g/mol. The molecule has 0 amide bonds. The summed E-state index contributed by atoms with van der Waals surface area (Å²) < 4.78 is 49.3. The van der Waals surface area contributed by atoms with Crippen LogP contribution in [0.15, 0.2) is 24.3 Å². The van der Waals surface area contributed by atoms with Gasteiger partial charge in [0.1, 0.15) is 5.60 Å². The third kappa shape index (κ3) is 6.98. The minimum atomic E-state index is -4.34. The number of carbonyl (C=O) groups excluding carboxylic acids is 1. The van der Waals surface area contributed by atoms with Crippen LogP contribution >= 0.6 is 0 Å². The van der Waals surface area contributed by atoms with Gasteiger partial charge >= 0.3 is 12.1 Å². The van der Waals surface area contributed by atoms with Crippen LogP contribution in [0.2, 0.25) is 0 Å². The molecule has 0 saturated heterocycles. The van der Waals surface area contributed by atoms with Gasteiger partial charge in [-0.15, -0.1) is 0 Å². The van der Waals surface area contributed by atoms with E-state index in [4.69, 9.17) is 9.47 Å². The van der Waals surface area contributed by atoms with Gasteiger partial charge in [0.25, 0.3) is 0 Å². The highest BCUT2D eigenvalue weighted by atomic mass is 19.4. The molecule has 2 rings (SSSR count). The molecule has 0 spiro atoms. The van der Waals surface area contributed by atoms with Crippen molar-refractivity contribution in [1.82, 2.24) is 0 Å². The molecule has 6 heteroatoms. The number of alkyl halides is 3. The third-order valence-corrected chi connectivity index (χ3v) is 4.41. The molecule has 0 atom stereocenters. The second-order valence-electron chi connectivity index (χ2n) is 7.94. The van der Waals surface area contributed by atoms with Gasteiger partial charge in [-0.3, -0.25) is 4.79 Å². The molecule has 0 unspecified atom stereocenters. The molecule has 1 aliphatic rings. The lowest BCUT2D eigenvalue weighted by Gasteiger charge is -2.29. The van der Waals surface area contributed by atoms with Gasteiger partial charge in [0.05, 0.1) is 18.3 Å². The Balaban J connectivity index is 1.75. The van der Waals surface area contributed by atoms with E-state index in [9.17, 15) is 18.0 Å². The Hall–Kier alpha value is -1.56. The lowest BCUT2D eigenvalue weighted by Crippen LogP contribution is -2.27. The Kier molecular flexibility index (Phi) is 6.72. The molecule has 0 heterocycles. The summed E-state index contributed by atoms with van der Waals surface area (Å²) in [5.74, 6) is 0.115. The molecule has 26 heavy (non-hydrogen) atoms. The fourth-order valence-corrected chi connectivity index (χ4v) is 3.17. The molecule has 0 aliphatic heterocycles. The molecule has 0 radical (unpaired) electrons. The maximum absolute atomic E-state index is 12.7. The predicted octanol–water partition coefficient (Wildman–Crippen LogP) is 5.51. The van der Waals surface area contributed by atoms with E-state index in [1.54, 1.807) is 6.07 Å². The molecular formula is C20H27F3O3. The molecule has 0 bridgehead atoms. The van der Waals surface area contributed by atoms with E-state index in [0.717, 1.165) is 37.8 Å². The summed E-state index contributed by atoms with van der Waals surface area (Å²) in [5, 5.41) is 0. The van der Waals surface area contributed by atoms with E-state index >= 15 is 0 Å². The monoisotopic (exact) mass is 372 g/mol. The first-order valence-corrected chi connectivity index (χ1v) is 9.02. The van der Waals surface area contributed by atoms with Crippen LogP contribution in [-0.4, -0.2) is 17.7 Å². The fourth-order valence-electron chi connectivity index (χ4n) is 3.17. The first kappa shape index (κ1) is 20.7. The smallest absolute Gasteiger partial charge is 0.416 e. The summed E-state index contributed by atoms with van der Waals surface area (Å²) in [6, 6.07) is 5.24. The number of rotatable bonds is 5. The van der Waals surface area contributed by atoms with Crippen molar-refractivity contribution in [2.75, 3.05) is 0 Å². The van der Waals surface area contributed by atoms with E-state index in [-0.39, 0.29) is 18.7 Å². The molecule has 146 valence electrons. The third-order valence-electron chi connectivity index (χ3n) is 4.41. The Labute approximate surface area is 152 Å². The molecule has 3 nitrogen and oxygen atoms in total. The van der Waals surface area contributed by atoms with Crippen LogP contribution in [0.25, 0.3) is 0 Å². The standard InChI is InChI=1S/C20H27F3O3/c1-19(2,3)26-18(24)12-14-7-9-17(10-8-14)25-13-15-5-4-6-16(11-15)20(21,22)23/h4-6,11,14,17H,7-10,12-13H2,1-3H3. The first-order valence-electron chi connectivity index (χ1n) is 9.02. The minimum Gasteiger partial charge on any atom is -0.460 e. The summed E-state index contributed by atoms with van der Waals surface area (Å²) in [5.41, 5.74) is -0.599. The van der Waals surface area contributed by atoms with Crippen molar-refractivity contribution in [1.29, 1.82) is 0 Å². The summed E-state index contributed by atoms with van der Waals surface area (Å²) in [6.45, 7) is 5.72. The van der Waals surface area contributed by atoms with Crippen molar-refractivity contribution >= 4 is 5.97 Å². The fraction of sp³-hybridized carbons (Fsp3) is 0.650. The first-order chi connectivity index (χ1) is 12.0. The zero-order valence-corrected chi connectivity index (χ0v) is 15.6. The minimum absolute atomic E-state index is 0.0272. The van der Waals surface area contributed by atoms with Crippen molar-refractivity contribution in [3.05, 3.63) is 35.4 Å². The number of ether oxygens (including phenoxy) is 2. The number of benzene rings is 1. The van der Waals surface area contributed by atoms with Gasteiger partial charge in [-0.2, -0.15) is 13.2 Å². The molecule has 1 aromatic rings. The summed E-state index contributed by atoms with van der Waals surface area (Å²) >= 11 is 0. The topological polar surface area (TPSA) is 35.5 Å². The Bertz CT molecular complexity index is 597. The van der Waals surface area contributed by atoms with Crippen molar-refractivity contribution in [3.8, 4) is 0 Å². The van der Waals surface area contributed by atoms with Crippen LogP contribution in [0.3, 0.4) is 0 Å². The van der Waals surface area contributed by atoms with Gasteiger partial charge in [0.2, 0.25) is 0 Å². The zero-order chi connectivity index (χ0) is 19.4. The highest BCUT2D eigenvalue weighted by Crippen LogP contribution is 2.31. The average Bonchev–Trinajstić information content (AvgIpc) is 2.52. The molecule has 1 saturated carbocycles. The van der Waals surface area contributed by atoms with Crippen LogP contribution < -0.4 is 0 Å². The van der Waals surface area contributed by atoms with Crippen LogP contribution in [0, 0.1) is 5.92 Å². The van der Waals surface area contributed by atoms with Crippen molar-refractivity contribution < 1.29 is 27.4 Å². The van der Waals surface area contributed by atoms with Gasteiger partial charge in [-0.05, 0) is 70.1 Å². The number of carbonyl (C=O) groups is 1. The summed E-state index contributed by atoms with van der Waals surface area (Å²) in [6.07, 6.45) is -0.537. The maximum atomic E-state index is 12.7. The van der Waals surface area contributed by atoms with Crippen molar-refractivity contribution in [2.24, 2.45) is 5.92 Å². The van der Waals surface area contributed by atoms with E-state index in [1.807, 2.05) is 20.8 Å². The van der Waals surface area contributed by atoms with E-state index in [2.05, 4.69) is 0 Å². The highest BCUT2D eigenvalue weighted by Gasteiger charge is 2.30. The lowest BCUT2D eigenvalue weighted by molar-refractivity contribution is -0.156. The molecule has 1 aromatic carbocycles. The van der Waals surface area contributed by atoms with Crippen molar-refractivity contribution in [2.45, 2.75) is 77.4 Å². The predicted molar refractivity (Wildman–Crippen MR) is 92.4 cm³/mol. The van der Waals surface area contributed by atoms with E-state index < -0.39 is 17.3 Å². The maximum Gasteiger partial charge on any atom is 0.416 e. The van der Waals surface area contributed by atoms with Gasteiger partial charge in [-0.1, -0.05) is 12.1 Å². The zero-order valence-electron chi connectivity index (χ0n) is 15.6. The second kappa shape index (κ2) is 8.42. The van der Waals surface area contributed by atoms with E-state index in [1.165, 1.54) is 6.07 Å². The normalized spacial score (nSPS) is 21.5. The number of esters is 1. The number of halogens is 3. The van der Waals surface area contributed by atoms with Crippen molar-refractivity contribution in [3.63, 3.8) is 0 Å². The summed E-state index contributed by atoms with van der Waals surface area (Å²) in [7, 11) is 0. The van der Waals surface area contributed by atoms with Crippen LogP contribution in [0.1, 0.15) is 64.0 Å². The van der Waals surface area contributed by atoms with Crippen LogP contribution in [-0.2, 0) is 27.1 Å². The SMILES string of the molecule is CC(C)(C)OC(=O)CC1CCC(OCc2cccc(C(F)(F)F)c2)CC1. The molecule has 0 aromatic heterocycles. The Morgan fingerprint density at radius 2 is 1.77 bits per heavy atom. The number of hydrogen-bond acceptors (Lipinski definition) is 3. The Morgan fingerprint density at radius 3 is 2.35 bits per heavy atom. The van der Waals surface area contributed by atoms with Crippen LogP contribution in [0.5, 0.6) is 0 Å². The molecule has 1 aliphatic carbocycles. The highest BCUT2D eigenvalue weighted by molar-refractivity contribution is 5.70. The van der Waals surface area contributed by atoms with Gasteiger partial charge in [0.15, 0.2) is 0 Å². The second-order valence-corrected chi connectivity index (χ2v) is 7.94. The molecular weight excluding hydrogens is 345 g/mol. The quantitative estimate of drug-likeness (QED) is 0.639.